The largest absolute Gasteiger partial charge is 0.279 e. The fourth-order valence-corrected chi connectivity index (χ4v) is 3.84. The van der Waals surface area contributed by atoms with Crippen molar-refractivity contribution in [1.82, 2.24) is 10.9 Å². The Bertz CT molecular complexity index is 727. The van der Waals surface area contributed by atoms with Crippen molar-refractivity contribution in [3.05, 3.63) is 55.7 Å². The predicted octanol–water partition coefficient (Wildman–Crippen LogP) is 3.46. The van der Waals surface area contributed by atoms with Gasteiger partial charge in [0.05, 0.1) is 8.66 Å². The molecule has 1 aliphatic carbocycles. The maximum Gasteiger partial charge on any atom is 0.279 e. The number of rotatable bonds is 2. The Morgan fingerprint density at radius 2 is 1.68 bits per heavy atom. The Morgan fingerprint density at radius 3 is 2.41 bits per heavy atom. The van der Waals surface area contributed by atoms with E-state index < -0.39 is 0 Å². The highest BCUT2D eigenvalue weighted by Crippen LogP contribution is 2.23. The van der Waals surface area contributed by atoms with Gasteiger partial charge in [0.2, 0.25) is 0 Å². The van der Waals surface area contributed by atoms with Gasteiger partial charge in [-0.2, -0.15) is 0 Å². The van der Waals surface area contributed by atoms with Crippen molar-refractivity contribution in [3.8, 4) is 0 Å². The number of hydrogen-bond acceptors (Lipinski definition) is 3. The van der Waals surface area contributed by atoms with Gasteiger partial charge in [-0.3, -0.25) is 20.4 Å². The molecule has 1 aromatic heterocycles. The van der Waals surface area contributed by atoms with Crippen LogP contribution in [-0.2, 0) is 12.8 Å². The van der Waals surface area contributed by atoms with E-state index in [1.807, 2.05) is 18.2 Å². The standard InChI is InChI=1S/C16H15BrN2O2S/c17-14-8-7-13(22-14)16(21)19-18-15(20)12-6-5-10-3-1-2-4-11(10)9-12/h5-9H,1-4H2,(H,18,20)(H,19,21). The summed E-state index contributed by atoms with van der Waals surface area (Å²) in [7, 11) is 0. The molecule has 1 aromatic carbocycles. The molecule has 114 valence electrons. The number of nitrogens with one attached hydrogen (secondary N) is 2. The van der Waals surface area contributed by atoms with Crippen LogP contribution in [0.3, 0.4) is 0 Å². The van der Waals surface area contributed by atoms with Crippen molar-refractivity contribution in [2.24, 2.45) is 0 Å². The maximum absolute atomic E-state index is 12.1. The average Bonchev–Trinajstić information content (AvgIpc) is 2.98. The topological polar surface area (TPSA) is 58.2 Å². The molecule has 1 heterocycles. The second-order valence-electron chi connectivity index (χ2n) is 5.20. The van der Waals surface area contributed by atoms with Crippen LogP contribution in [0.25, 0.3) is 0 Å². The van der Waals surface area contributed by atoms with Gasteiger partial charge in [0.25, 0.3) is 11.8 Å². The number of halogens is 1. The van der Waals surface area contributed by atoms with Crippen molar-refractivity contribution < 1.29 is 9.59 Å². The minimum absolute atomic E-state index is 0.294. The van der Waals surface area contributed by atoms with Gasteiger partial charge in [0.1, 0.15) is 0 Å². The Balaban J connectivity index is 1.63. The molecule has 0 aliphatic heterocycles. The Hall–Kier alpha value is -1.66. The molecule has 6 heteroatoms. The number of hydrazine groups is 1. The summed E-state index contributed by atoms with van der Waals surface area (Å²) in [5, 5.41) is 0. The molecule has 2 aromatic rings. The van der Waals surface area contributed by atoms with Crippen molar-refractivity contribution in [3.63, 3.8) is 0 Å². The first-order chi connectivity index (χ1) is 10.6. The molecular formula is C16H15BrN2O2S. The van der Waals surface area contributed by atoms with Crippen LogP contribution >= 0.6 is 27.3 Å². The predicted molar refractivity (Wildman–Crippen MR) is 90.0 cm³/mol. The molecule has 0 spiro atoms. The van der Waals surface area contributed by atoms with E-state index in [1.165, 1.54) is 35.3 Å². The minimum atomic E-state index is -0.318. The molecule has 3 rings (SSSR count). The van der Waals surface area contributed by atoms with Gasteiger partial charge in [-0.15, -0.1) is 11.3 Å². The first-order valence-electron chi connectivity index (χ1n) is 7.11. The third kappa shape index (κ3) is 3.39. The van der Waals surface area contributed by atoms with E-state index in [1.54, 1.807) is 12.1 Å². The van der Waals surface area contributed by atoms with Gasteiger partial charge in [0, 0.05) is 5.56 Å². The maximum atomic E-state index is 12.1. The summed E-state index contributed by atoms with van der Waals surface area (Å²) in [6, 6.07) is 9.26. The van der Waals surface area contributed by atoms with E-state index >= 15 is 0 Å². The molecule has 2 amide bonds. The highest BCUT2D eigenvalue weighted by molar-refractivity contribution is 9.11. The van der Waals surface area contributed by atoms with Gasteiger partial charge < -0.3 is 0 Å². The minimum Gasteiger partial charge on any atom is -0.267 e. The number of amides is 2. The molecule has 0 fully saturated rings. The molecule has 0 bridgehead atoms. The monoisotopic (exact) mass is 378 g/mol. The molecule has 0 unspecified atom stereocenters. The number of benzene rings is 1. The van der Waals surface area contributed by atoms with Crippen LogP contribution < -0.4 is 10.9 Å². The highest BCUT2D eigenvalue weighted by atomic mass is 79.9. The molecular weight excluding hydrogens is 364 g/mol. The molecule has 0 saturated heterocycles. The van der Waals surface area contributed by atoms with Crippen LogP contribution in [0.15, 0.2) is 34.1 Å². The van der Waals surface area contributed by atoms with Crippen molar-refractivity contribution in [1.29, 1.82) is 0 Å². The van der Waals surface area contributed by atoms with Crippen LogP contribution in [0, 0.1) is 0 Å². The number of fused-ring (bicyclic) bond motifs is 1. The smallest absolute Gasteiger partial charge is 0.267 e. The number of thiophene rings is 1. The van der Waals surface area contributed by atoms with Gasteiger partial charge in [-0.25, -0.2) is 0 Å². The van der Waals surface area contributed by atoms with Gasteiger partial charge >= 0.3 is 0 Å². The lowest BCUT2D eigenvalue weighted by atomic mass is 9.90. The zero-order chi connectivity index (χ0) is 15.5. The SMILES string of the molecule is O=C(NNC(=O)c1ccc(Br)s1)c1ccc2c(c1)CCCC2. The van der Waals surface area contributed by atoms with E-state index in [-0.39, 0.29) is 11.8 Å². The summed E-state index contributed by atoms with van der Waals surface area (Å²) in [5.41, 5.74) is 8.06. The van der Waals surface area contributed by atoms with Crippen LogP contribution in [0.5, 0.6) is 0 Å². The number of aryl methyl sites for hydroxylation is 2. The third-order valence-corrected chi connectivity index (χ3v) is 5.32. The van der Waals surface area contributed by atoms with Gasteiger partial charge in [-0.05, 0) is 77.0 Å². The van der Waals surface area contributed by atoms with Crippen LogP contribution in [0.2, 0.25) is 0 Å². The fraction of sp³-hybridized carbons (Fsp3) is 0.250. The number of carbonyl (C=O) groups excluding carboxylic acids is 2. The van der Waals surface area contributed by atoms with Crippen LogP contribution in [0.1, 0.15) is 44.0 Å². The van der Waals surface area contributed by atoms with Gasteiger partial charge in [-0.1, -0.05) is 6.07 Å². The zero-order valence-electron chi connectivity index (χ0n) is 11.8. The zero-order valence-corrected chi connectivity index (χ0v) is 14.2. The van der Waals surface area contributed by atoms with Crippen molar-refractivity contribution >= 4 is 39.1 Å². The Kier molecular flexibility index (Phi) is 4.59. The normalized spacial score (nSPS) is 13.3. The molecule has 2 N–H and O–H groups in total. The Labute approximate surface area is 141 Å². The molecule has 4 nitrogen and oxygen atoms in total. The van der Waals surface area contributed by atoms with Gasteiger partial charge in [0.15, 0.2) is 0 Å². The molecule has 0 atom stereocenters. The summed E-state index contributed by atoms with van der Waals surface area (Å²) in [6.07, 6.45) is 4.49. The van der Waals surface area contributed by atoms with Crippen molar-refractivity contribution in [2.75, 3.05) is 0 Å². The van der Waals surface area contributed by atoms with E-state index in [0.29, 0.717) is 10.4 Å². The molecule has 0 radical (unpaired) electrons. The second kappa shape index (κ2) is 6.62. The molecule has 0 saturated carbocycles. The van der Waals surface area contributed by atoms with Crippen molar-refractivity contribution in [2.45, 2.75) is 25.7 Å². The van der Waals surface area contributed by atoms with E-state index in [4.69, 9.17) is 0 Å². The van der Waals surface area contributed by atoms with E-state index in [0.717, 1.165) is 16.6 Å². The first kappa shape index (κ1) is 15.2. The summed E-state index contributed by atoms with van der Waals surface area (Å²) in [6.45, 7) is 0. The summed E-state index contributed by atoms with van der Waals surface area (Å²) in [4.78, 5) is 24.6. The third-order valence-electron chi connectivity index (χ3n) is 3.70. The lowest BCUT2D eigenvalue weighted by Gasteiger charge is -2.16. The lowest BCUT2D eigenvalue weighted by molar-refractivity contribution is 0.0849. The van der Waals surface area contributed by atoms with Crippen LogP contribution in [-0.4, -0.2) is 11.8 Å². The highest BCUT2D eigenvalue weighted by Gasteiger charge is 2.14. The fourth-order valence-electron chi connectivity index (χ4n) is 2.56. The summed E-state index contributed by atoms with van der Waals surface area (Å²) < 4.78 is 0.874. The van der Waals surface area contributed by atoms with E-state index in [9.17, 15) is 9.59 Å². The number of hydrogen-bond donors (Lipinski definition) is 2. The molecule has 1 aliphatic rings. The quantitative estimate of drug-likeness (QED) is 0.786. The lowest BCUT2D eigenvalue weighted by Crippen LogP contribution is -2.41. The second-order valence-corrected chi connectivity index (χ2v) is 7.67. The van der Waals surface area contributed by atoms with E-state index in [2.05, 4.69) is 26.8 Å². The average molecular weight is 379 g/mol. The number of carbonyl (C=O) groups is 2. The summed E-state index contributed by atoms with van der Waals surface area (Å²) >= 11 is 4.62. The Morgan fingerprint density at radius 1 is 0.955 bits per heavy atom. The molecule has 22 heavy (non-hydrogen) atoms. The summed E-state index contributed by atoms with van der Waals surface area (Å²) in [5.74, 6) is -0.612. The van der Waals surface area contributed by atoms with Crippen LogP contribution in [0.4, 0.5) is 0 Å². The first-order valence-corrected chi connectivity index (χ1v) is 8.72.